The van der Waals surface area contributed by atoms with Gasteiger partial charge in [0.25, 0.3) is 12.1 Å². The van der Waals surface area contributed by atoms with Crippen molar-refractivity contribution in [3.63, 3.8) is 0 Å². The number of hydrogen-bond acceptors (Lipinski definition) is 6. The Morgan fingerprint density at radius 1 is 1.18 bits per heavy atom. The van der Waals surface area contributed by atoms with Crippen LogP contribution in [-0.2, 0) is 9.53 Å². The van der Waals surface area contributed by atoms with Crippen LogP contribution >= 0.6 is 0 Å². The molecule has 1 aliphatic rings. The van der Waals surface area contributed by atoms with Gasteiger partial charge in [0.05, 0.1) is 12.2 Å². The molecule has 1 amide bonds. The van der Waals surface area contributed by atoms with Crippen molar-refractivity contribution in [3.8, 4) is 11.3 Å². The van der Waals surface area contributed by atoms with E-state index < -0.39 is 12.1 Å². The first kappa shape index (κ1) is 22.8. The summed E-state index contributed by atoms with van der Waals surface area (Å²) in [6.07, 6.45) is -0.898. The molecule has 8 nitrogen and oxygen atoms in total. The van der Waals surface area contributed by atoms with Crippen molar-refractivity contribution < 1.29 is 9.53 Å². The molecule has 4 rings (SSSR count). The number of ether oxygens (including phenoxy) is 1. The first-order valence-corrected chi connectivity index (χ1v) is 11.2. The molecule has 174 valence electrons. The number of nitrogens with two attached hydrogens (primary N) is 1. The van der Waals surface area contributed by atoms with E-state index in [4.69, 9.17) is 10.5 Å². The van der Waals surface area contributed by atoms with E-state index in [-0.39, 0.29) is 0 Å². The standard InChI is InChI=1S/C25H32N6O2/c1-14(2)21-19-13-17(24-29-31(10-9-30(5)6)25(33-24)23(26)32)7-8-20(19)28-22(21)18-11-15(3)27-16(4)12-18/h7-8,11-14,25,28H,9-10H2,1-6H3,(H2,26,32). The van der Waals surface area contributed by atoms with E-state index in [1.165, 1.54) is 5.56 Å². The highest BCUT2D eigenvalue weighted by Gasteiger charge is 2.33. The van der Waals surface area contributed by atoms with Gasteiger partial charge >= 0.3 is 0 Å². The third-order valence-corrected chi connectivity index (χ3v) is 5.77. The highest BCUT2D eigenvalue weighted by molar-refractivity contribution is 6.02. The molecule has 3 heterocycles. The minimum absolute atomic E-state index is 0.291. The molecule has 0 spiro atoms. The molecular formula is C25H32N6O2. The average Bonchev–Trinajstić information content (AvgIpc) is 3.33. The van der Waals surface area contributed by atoms with Gasteiger partial charge < -0.3 is 20.4 Å². The number of carbonyl (C=O) groups is 1. The van der Waals surface area contributed by atoms with Gasteiger partial charge in [-0.2, -0.15) is 0 Å². The normalized spacial score (nSPS) is 16.1. The van der Waals surface area contributed by atoms with Crippen LogP contribution in [0.15, 0.2) is 35.4 Å². The van der Waals surface area contributed by atoms with Crippen LogP contribution in [0.1, 0.15) is 42.3 Å². The number of rotatable bonds is 7. The molecule has 0 saturated heterocycles. The number of primary amides is 1. The number of aromatic amines is 1. The third-order valence-electron chi connectivity index (χ3n) is 5.77. The van der Waals surface area contributed by atoms with Gasteiger partial charge in [-0.05, 0) is 69.8 Å². The number of pyridine rings is 1. The number of nitrogens with one attached hydrogen (secondary N) is 1. The van der Waals surface area contributed by atoms with Crippen molar-refractivity contribution >= 4 is 22.7 Å². The molecule has 0 saturated carbocycles. The summed E-state index contributed by atoms with van der Waals surface area (Å²) >= 11 is 0. The molecule has 1 aliphatic heterocycles. The number of hydrogen-bond donors (Lipinski definition) is 2. The maximum absolute atomic E-state index is 12.0. The van der Waals surface area contributed by atoms with E-state index in [2.05, 4.69) is 47.1 Å². The molecule has 3 N–H and O–H groups in total. The molecule has 0 aliphatic carbocycles. The van der Waals surface area contributed by atoms with Gasteiger partial charge in [-0.25, -0.2) is 5.01 Å². The fraction of sp³-hybridized carbons (Fsp3) is 0.400. The molecule has 33 heavy (non-hydrogen) atoms. The minimum atomic E-state index is -0.898. The number of aryl methyl sites for hydroxylation is 2. The topological polar surface area (TPSA) is 99.8 Å². The number of amides is 1. The van der Waals surface area contributed by atoms with Crippen LogP contribution < -0.4 is 5.73 Å². The predicted octanol–water partition coefficient (Wildman–Crippen LogP) is 3.34. The Hall–Kier alpha value is -3.39. The van der Waals surface area contributed by atoms with Crippen molar-refractivity contribution in [1.82, 2.24) is 19.9 Å². The van der Waals surface area contributed by atoms with Crippen LogP contribution in [-0.4, -0.2) is 65.1 Å². The lowest BCUT2D eigenvalue weighted by molar-refractivity contribution is -0.131. The van der Waals surface area contributed by atoms with Crippen LogP contribution in [0, 0.1) is 13.8 Å². The first-order chi connectivity index (χ1) is 15.6. The van der Waals surface area contributed by atoms with Crippen LogP contribution in [0.5, 0.6) is 0 Å². The SMILES string of the molecule is Cc1cc(-c2[nH]c3ccc(C4=NN(CCN(C)C)C(C(N)=O)O4)cc3c2C(C)C)cc(C)n1. The fourth-order valence-corrected chi connectivity index (χ4v) is 4.31. The van der Waals surface area contributed by atoms with Gasteiger partial charge in [0.2, 0.25) is 5.90 Å². The summed E-state index contributed by atoms with van der Waals surface area (Å²) in [5.74, 6) is 0.149. The van der Waals surface area contributed by atoms with Gasteiger partial charge in [0, 0.05) is 40.0 Å². The van der Waals surface area contributed by atoms with Gasteiger partial charge in [-0.1, -0.05) is 13.8 Å². The lowest BCUT2D eigenvalue weighted by Gasteiger charge is -2.20. The summed E-state index contributed by atoms with van der Waals surface area (Å²) in [5, 5.41) is 7.32. The van der Waals surface area contributed by atoms with Crippen molar-refractivity contribution in [1.29, 1.82) is 0 Å². The second-order valence-electron chi connectivity index (χ2n) is 9.21. The maximum Gasteiger partial charge on any atom is 0.281 e. The summed E-state index contributed by atoms with van der Waals surface area (Å²) < 4.78 is 5.89. The minimum Gasteiger partial charge on any atom is -0.441 e. The van der Waals surface area contributed by atoms with Crippen molar-refractivity contribution in [2.75, 3.05) is 27.2 Å². The lowest BCUT2D eigenvalue weighted by Crippen LogP contribution is -2.42. The fourth-order valence-electron chi connectivity index (χ4n) is 4.31. The van der Waals surface area contributed by atoms with Crippen LogP contribution in [0.4, 0.5) is 0 Å². The number of hydrazone groups is 1. The summed E-state index contributed by atoms with van der Waals surface area (Å²) in [5.41, 5.74) is 12.9. The van der Waals surface area contributed by atoms with Crippen molar-refractivity contribution in [2.24, 2.45) is 10.8 Å². The number of nitrogens with zero attached hydrogens (tertiary/aromatic N) is 4. The summed E-state index contributed by atoms with van der Waals surface area (Å²) in [4.78, 5) is 22.1. The molecule has 1 atom stereocenters. The van der Waals surface area contributed by atoms with Gasteiger partial charge in [0.15, 0.2) is 0 Å². The van der Waals surface area contributed by atoms with Crippen LogP contribution in [0.25, 0.3) is 22.2 Å². The van der Waals surface area contributed by atoms with E-state index in [1.807, 2.05) is 45.0 Å². The van der Waals surface area contributed by atoms with E-state index >= 15 is 0 Å². The summed E-state index contributed by atoms with van der Waals surface area (Å²) in [7, 11) is 3.94. The Morgan fingerprint density at radius 3 is 2.48 bits per heavy atom. The van der Waals surface area contributed by atoms with Gasteiger partial charge in [0.1, 0.15) is 0 Å². The number of aromatic nitrogens is 2. The molecule has 0 fully saturated rings. The first-order valence-electron chi connectivity index (χ1n) is 11.2. The smallest absolute Gasteiger partial charge is 0.281 e. The highest BCUT2D eigenvalue weighted by atomic mass is 16.5. The van der Waals surface area contributed by atoms with E-state index in [0.717, 1.165) is 45.7 Å². The largest absolute Gasteiger partial charge is 0.441 e. The molecule has 1 aromatic carbocycles. The van der Waals surface area contributed by atoms with Crippen molar-refractivity contribution in [3.05, 3.63) is 52.8 Å². The molecule has 3 aromatic rings. The van der Waals surface area contributed by atoms with Crippen molar-refractivity contribution in [2.45, 2.75) is 39.8 Å². The quantitative estimate of drug-likeness (QED) is 0.577. The molecule has 2 aromatic heterocycles. The highest BCUT2D eigenvalue weighted by Crippen LogP contribution is 2.36. The zero-order valence-electron chi connectivity index (χ0n) is 20.1. The second-order valence-corrected chi connectivity index (χ2v) is 9.21. The average molecular weight is 449 g/mol. The zero-order valence-corrected chi connectivity index (χ0v) is 20.1. The molecular weight excluding hydrogens is 416 g/mol. The number of H-pyrrole nitrogens is 1. The third kappa shape index (κ3) is 4.57. The Morgan fingerprint density at radius 2 is 1.88 bits per heavy atom. The van der Waals surface area contributed by atoms with E-state index in [9.17, 15) is 4.79 Å². The maximum atomic E-state index is 12.0. The predicted molar refractivity (Wildman–Crippen MR) is 131 cm³/mol. The molecule has 1 unspecified atom stereocenters. The molecule has 0 radical (unpaired) electrons. The zero-order chi connectivity index (χ0) is 23.9. The number of benzene rings is 1. The molecule has 0 bridgehead atoms. The van der Waals surface area contributed by atoms with Crippen LogP contribution in [0.2, 0.25) is 0 Å². The number of carbonyl (C=O) groups excluding carboxylic acids is 1. The lowest BCUT2D eigenvalue weighted by atomic mass is 9.95. The second kappa shape index (κ2) is 8.86. The summed E-state index contributed by atoms with van der Waals surface area (Å²) in [6, 6.07) is 10.3. The Kier molecular flexibility index (Phi) is 6.12. The van der Waals surface area contributed by atoms with E-state index in [0.29, 0.717) is 18.4 Å². The molecule has 8 heteroatoms. The Balaban J connectivity index is 1.77. The Labute approximate surface area is 194 Å². The monoisotopic (exact) mass is 448 g/mol. The summed E-state index contributed by atoms with van der Waals surface area (Å²) in [6.45, 7) is 9.67. The Bertz CT molecular complexity index is 1210. The van der Waals surface area contributed by atoms with Gasteiger partial charge in [-0.3, -0.25) is 9.78 Å². The number of fused-ring (bicyclic) bond motifs is 1. The number of likely N-dealkylation sites (N-methyl/N-ethyl adjacent to an activating group) is 1. The van der Waals surface area contributed by atoms with Gasteiger partial charge in [-0.15, -0.1) is 5.10 Å². The van der Waals surface area contributed by atoms with Crippen LogP contribution in [0.3, 0.4) is 0 Å². The van der Waals surface area contributed by atoms with E-state index in [1.54, 1.807) is 5.01 Å².